The fraction of sp³-hybridized carbons (Fsp3) is 0.417. The van der Waals surface area contributed by atoms with Gasteiger partial charge >= 0.3 is 0 Å². The molecule has 0 amide bonds. The smallest absolute Gasteiger partial charge is 0.0844 e. The maximum Gasteiger partial charge on any atom is 0.0844 e. The summed E-state index contributed by atoms with van der Waals surface area (Å²) in [6.45, 7) is 6.79. The molecule has 0 radical (unpaired) electrons. The highest BCUT2D eigenvalue weighted by Gasteiger charge is 2.13. The first kappa shape index (κ1) is 9.66. The molecular weight excluding hydrogens is 190 g/mol. The molecule has 0 saturated heterocycles. The highest BCUT2D eigenvalue weighted by atomic mass is 32.1. The molecule has 0 spiro atoms. The van der Waals surface area contributed by atoms with E-state index in [1.165, 1.54) is 15.8 Å². The van der Waals surface area contributed by atoms with Crippen LogP contribution in [0, 0.1) is 5.41 Å². The number of thiazole rings is 1. The van der Waals surface area contributed by atoms with E-state index in [1.807, 2.05) is 5.51 Å². The second-order valence-corrected chi connectivity index (χ2v) is 5.74. The van der Waals surface area contributed by atoms with Gasteiger partial charge in [0.1, 0.15) is 0 Å². The number of aromatic nitrogens is 1. The Kier molecular flexibility index (Phi) is 2.31. The zero-order valence-electron chi connectivity index (χ0n) is 8.87. The molecule has 0 N–H and O–H groups in total. The minimum Gasteiger partial charge on any atom is -0.244 e. The number of hydrogen-bond acceptors (Lipinski definition) is 2. The van der Waals surface area contributed by atoms with Crippen LogP contribution in [-0.2, 0) is 6.42 Å². The molecule has 2 heteroatoms. The Hall–Kier alpha value is -0.890. The highest BCUT2D eigenvalue weighted by Crippen LogP contribution is 2.27. The highest BCUT2D eigenvalue weighted by molar-refractivity contribution is 7.16. The molecule has 1 nitrogen and oxygen atoms in total. The third-order valence-corrected chi connectivity index (χ3v) is 2.96. The zero-order chi connectivity index (χ0) is 10.2. The Morgan fingerprint density at radius 3 is 2.79 bits per heavy atom. The van der Waals surface area contributed by atoms with Gasteiger partial charge < -0.3 is 0 Å². The van der Waals surface area contributed by atoms with E-state index in [4.69, 9.17) is 0 Å². The molecule has 0 saturated carbocycles. The molecule has 0 unspecified atom stereocenters. The van der Waals surface area contributed by atoms with E-state index < -0.39 is 0 Å². The van der Waals surface area contributed by atoms with E-state index >= 15 is 0 Å². The third kappa shape index (κ3) is 1.95. The van der Waals surface area contributed by atoms with E-state index in [9.17, 15) is 0 Å². The molecule has 0 atom stereocenters. The van der Waals surface area contributed by atoms with Crippen molar-refractivity contribution in [3.63, 3.8) is 0 Å². The van der Waals surface area contributed by atoms with Crippen LogP contribution in [-0.4, -0.2) is 4.98 Å². The maximum absolute atomic E-state index is 4.42. The quantitative estimate of drug-likeness (QED) is 0.688. The van der Waals surface area contributed by atoms with Gasteiger partial charge in [-0.25, -0.2) is 4.98 Å². The summed E-state index contributed by atoms with van der Waals surface area (Å²) in [4.78, 5) is 4.42. The van der Waals surface area contributed by atoms with Crippen molar-refractivity contribution < 1.29 is 0 Å². The molecule has 74 valence electrons. The monoisotopic (exact) mass is 205 g/mol. The van der Waals surface area contributed by atoms with Crippen LogP contribution in [0.1, 0.15) is 26.3 Å². The van der Waals surface area contributed by atoms with E-state index in [0.717, 1.165) is 6.42 Å². The van der Waals surface area contributed by atoms with Crippen LogP contribution in [0.15, 0.2) is 23.7 Å². The van der Waals surface area contributed by atoms with Crippen LogP contribution in [0.4, 0.5) is 0 Å². The first-order valence-electron chi connectivity index (χ1n) is 4.87. The van der Waals surface area contributed by atoms with Gasteiger partial charge in [0.25, 0.3) is 0 Å². The maximum atomic E-state index is 4.42. The summed E-state index contributed by atoms with van der Waals surface area (Å²) < 4.78 is 1.30. The van der Waals surface area contributed by atoms with Crippen molar-refractivity contribution in [1.82, 2.24) is 4.98 Å². The molecule has 1 aromatic heterocycles. The molecular formula is C12H15NS. The Morgan fingerprint density at radius 2 is 2.07 bits per heavy atom. The number of fused-ring (bicyclic) bond motifs is 1. The molecule has 2 rings (SSSR count). The van der Waals surface area contributed by atoms with Crippen molar-refractivity contribution >= 4 is 21.6 Å². The minimum absolute atomic E-state index is 0.331. The molecule has 0 bridgehead atoms. The number of benzene rings is 1. The topological polar surface area (TPSA) is 12.9 Å². The van der Waals surface area contributed by atoms with Crippen LogP contribution in [0.3, 0.4) is 0 Å². The minimum atomic E-state index is 0.331. The number of para-hydroxylation sites is 1. The summed E-state index contributed by atoms with van der Waals surface area (Å²) in [6.07, 6.45) is 1.09. The van der Waals surface area contributed by atoms with E-state index in [0.29, 0.717) is 5.41 Å². The average Bonchev–Trinajstić information content (AvgIpc) is 2.49. The first-order chi connectivity index (χ1) is 6.56. The normalized spacial score (nSPS) is 12.2. The molecule has 0 aliphatic rings. The number of hydrogen-bond donors (Lipinski definition) is 0. The van der Waals surface area contributed by atoms with Crippen LogP contribution >= 0.6 is 11.3 Å². The number of rotatable bonds is 1. The van der Waals surface area contributed by atoms with Crippen molar-refractivity contribution in [3.8, 4) is 0 Å². The standard InChI is InChI=1S/C12H15NS/c1-12(2,3)7-9-5-4-6-10-11(9)13-8-14-10/h4-6,8H,7H2,1-3H3. The van der Waals surface area contributed by atoms with Crippen LogP contribution < -0.4 is 0 Å². The predicted octanol–water partition coefficient (Wildman–Crippen LogP) is 3.88. The van der Waals surface area contributed by atoms with Gasteiger partial charge in [0, 0.05) is 0 Å². The van der Waals surface area contributed by atoms with Crippen molar-refractivity contribution in [2.75, 3.05) is 0 Å². The Labute approximate surface area is 88.8 Å². The summed E-state index contributed by atoms with van der Waals surface area (Å²) in [5, 5.41) is 0. The van der Waals surface area contributed by atoms with Crippen LogP contribution in [0.2, 0.25) is 0 Å². The summed E-state index contributed by atoms with van der Waals surface area (Å²) in [5.74, 6) is 0. The van der Waals surface area contributed by atoms with Gasteiger partial charge in [-0.2, -0.15) is 0 Å². The molecule has 1 aromatic carbocycles. The van der Waals surface area contributed by atoms with E-state index in [1.54, 1.807) is 11.3 Å². The van der Waals surface area contributed by atoms with Gasteiger partial charge in [0.15, 0.2) is 0 Å². The lowest BCUT2D eigenvalue weighted by atomic mass is 9.88. The SMILES string of the molecule is CC(C)(C)Cc1cccc2scnc12. The lowest BCUT2D eigenvalue weighted by Crippen LogP contribution is -2.09. The lowest BCUT2D eigenvalue weighted by molar-refractivity contribution is 0.412. The van der Waals surface area contributed by atoms with Gasteiger partial charge in [-0.05, 0) is 23.5 Å². The van der Waals surface area contributed by atoms with Crippen molar-refractivity contribution in [1.29, 1.82) is 0 Å². The summed E-state index contributed by atoms with van der Waals surface area (Å²) in [6, 6.07) is 6.45. The predicted molar refractivity (Wildman–Crippen MR) is 62.8 cm³/mol. The van der Waals surface area contributed by atoms with Gasteiger partial charge in [-0.15, -0.1) is 11.3 Å². The third-order valence-electron chi connectivity index (χ3n) is 2.16. The molecule has 0 aliphatic heterocycles. The van der Waals surface area contributed by atoms with Crippen molar-refractivity contribution in [2.45, 2.75) is 27.2 Å². The molecule has 1 heterocycles. The zero-order valence-corrected chi connectivity index (χ0v) is 9.69. The summed E-state index contributed by atoms with van der Waals surface area (Å²) >= 11 is 1.72. The van der Waals surface area contributed by atoms with Gasteiger partial charge in [-0.3, -0.25) is 0 Å². The molecule has 14 heavy (non-hydrogen) atoms. The summed E-state index contributed by atoms with van der Waals surface area (Å²) in [5.41, 5.74) is 4.82. The van der Waals surface area contributed by atoms with Crippen molar-refractivity contribution in [3.05, 3.63) is 29.3 Å². The second-order valence-electron chi connectivity index (χ2n) is 4.85. The van der Waals surface area contributed by atoms with Crippen molar-refractivity contribution in [2.24, 2.45) is 5.41 Å². The van der Waals surface area contributed by atoms with Gasteiger partial charge in [-0.1, -0.05) is 32.9 Å². The molecule has 2 aromatic rings. The fourth-order valence-corrected chi connectivity index (χ4v) is 2.38. The van der Waals surface area contributed by atoms with Gasteiger partial charge in [0.2, 0.25) is 0 Å². The Balaban J connectivity index is 2.46. The van der Waals surface area contributed by atoms with Crippen LogP contribution in [0.5, 0.6) is 0 Å². The summed E-state index contributed by atoms with van der Waals surface area (Å²) in [7, 11) is 0. The second kappa shape index (κ2) is 3.35. The Morgan fingerprint density at radius 1 is 1.29 bits per heavy atom. The lowest BCUT2D eigenvalue weighted by Gasteiger charge is -2.18. The van der Waals surface area contributed by atoms with Crippen LogP contribution in [0.25, 0.3) is 10.2 Å². The van der Waals surface area contributed by atoms with Gasteiger partial charge in [0.05, 0.1) is 15.7 Å². The Bertz CT molecular complexity index is 437. The average molecular weight is 205 g/mol. The molecule has 0 aliphatic carbocycles. The first-order valence-corrected chi connectivity index (χ1v) is 5.75. The fourth-order valence-electron chi connectivity index (χ4n) is 1.66. The molecule has 0 fully saturated rings. The largest absolute Gasteiger partial charge is 0.244 e. The van der Waals surface area contributed by atoms with E-state index in [2.05, 4.69) is 44.0 Å². The van der Waals surface area contributed by atoms with E-state index in [-0.39, 0.29) is 0 Å². The number of nitrogens with zero attached hydrogens (tertiary/aromatic N) is 1.